The van der Waals surface area contributed by atoms with Crippen LogP contribution in [-0.4, -0.2) is 44.5 Å². The molecule has 11 heteroatoms. The molecule has 5 heterocycles. The second kappa shape index (κ2) is 6.41. The molecule has 5 rings (SSSR count). The number of hydrogen-bond acceptors (Lipinski definition) is 8. The summed E-state index contributed by atoms with van der Waals surface area (Å²) in [6, 6.07) is 5.70. The number of aryl methyl sites for hydroxylation is 2. The fourth-order valence-corrected chi connectivity index (χ4v) is 3.13. The van der Waals surface area contributed by atoms with Crippen molar-refractivity contribution in [2.24, 2.45) is 0 Å². The van der Waals surface area contributed by atoms with Crippen LogP contribution in [0.15, 0.2) is 36.8 Å². The number of rotatable bonds is 4. The predicted octanol–water partition coefficient (Wildman–Crippen LogP) is 2.24. The van der Waals surface area contributed by atoms with Crippen LogP contribution >= 0.6 is 0 Å². The molecule has 0 aliphatic rings. The molecule has 0 spiro atoms. The number of aromatic amines is 2. The van der Waals surface area contributed by atoms with Crippen molar-refractivity contribution in [3.05, 3.63) is 48.4 Å². The van der Waals surface area contributed by atoms with Crippen LogP contribution in [0.5, 0.6) is 0 Å². The molecule has 5 aromatic rings. The number of hydrogen-bond donors (Lipinski definition) is 4. The van der Waals surface area contributed by atoms with Crippen molar-refractivity contribution in [3.8, 4) is 22.8 Å². The van der Waals surface area contributed by atoms with E-state index >= 15 is 0 Å². The number of pyridine rings is 1. The van der Waals surface area contributed by atoms with Gasteiger partial charge in [-0.1, -0.05) is 0 Å². The van der Waals surface area contributed by atoms with Gasteiger partial charge < -0.3 is 16.0 Å². The van der Waals surface area contributed by atoms with Crippen LogP contribution in [0.1, 0.15) is 11.6 Å². The molecule has 0 bridgehead atoms. The number of nitrogen functional groups attached to an aromatic ring is 1. The Hall–Kier alpha value is -4.28. The summed E-state index contributed by atoms with van der Waals surface area (Å²) in [4.78, 5) is 25.1. The number of imidazole rings is 2. The fourth-order valence-electron chi connectivity index (χ4n) is 3.13. The molecule has 0 aliphatic carbocycles. The van der Waals surface area contributed by atoms with Gasteiger partial charge in [0.1, 0.15) is 28.8 Å². The van der Waals surface area contributed by atoms with Gasteiger partial charge in [0.2, 0.25) is 5.95 Å². The second-order valence-electron chi connectivity index (χ2n) is 6.50. The van der Waals surface area contributed by atoms with Crippen molar-refractivity contribution < 1.29 is 0 Å². The highest BCUT2D eigenvalue weighted by molar-refractivity contribution is 5.77. The van der Waals surface area contributed by atoms with E-state index in [0.717, 1.165) is 22.7 Å². The normalized spacial score (nSPS) is 11.2. The molecular formula is C18H17N11. The predicted molar refractivity (Wildman–Crippen MR) is 107 cm³/mol. The number of nitrogens with two attached hydrogens (primary N) is 1. The minimum absolute atomic E-state index is 0.148. The first-order valence-corrected chi connectivity index (χ1v) is 8.86. The molecule has 0 atom stereocenters. The highest BCUT2D eigenvalue weighted by Crippen LogP contribution is 2.30. The van der Waals surface area contributed by atoms with Crippen LogP contribution in [0.4, 0.5) is 17.6 Å². The number of H-pyrrole nitrogens is 2. The molecule has 0 saturated carbocycles. The lowest BCUT2D eigenvalue weighted by Gasteiger charge is -2.07. The molecule has 0 aromatic carbocycles. The molecule has 29 heavy (non-hydrogen) atoms. The van der Waals surface area contributed by atoms with E-state index in [1.165, 1.54) is 0 Å². The van der Waals surface area contributed by atoms with Crippen molar-refractivity contribution >= 4 is 23.2 Å². The van der Waals surface area contributed by atoms with E-state index in [4.69, 9.17) is 10.7 Å². The minimum atomic E-state index is 0.148. The number of aromatic nitrogens is 9. The zero-order valence-corrected chi connectivity index (χ0v) is 15.7. The maximum Gasteiger partial charge on any atom is 0.223 e. The summed E-state index contributed by atoms with van der Waals surface area (Å²) >= 11 is 0. The molecular weight excluding hydrogens is 370 g/mol. The van der Waals surface area contributed by atoms with E-state index in [-0.39, 0.29) is 5.95 Å². The molecule has 0 amide bonds. The summed E-state index contributed by atoms with van der Waals surface area (Å²) in [5.41, 5.74) is 9.11. The number of nitrogens with one attached hydrogen (secondary N) is 3. The van der Waals surface area contributed by atoms with Crippen LogP contribution in [0.25, 0.3) is 28.4 Å². The van der Waals surface area contributed by atoms with Gasteiger partial charge >= 0.3 is 0 Å². The van der Waals surface area contributed by atoms with E-state index in [9.17, 15) is 0 Å². The van der Waals surface area contributed by atoms with Crippen molar-refractivity contribution in [3.63, 3.8) is 0 Å². The molecule has 0 aliphatic heterocycles. The van der Waals surface area contributed by atoms with Crippen molar-refractivity contribution in [1.82, 2.24) is 44.5 Å². The highest BCUT2D eigenvalue weighted by Gasteiger charge is 2.19. The molecule has 11 nitrogen and oxygen atoms in total. The lowest BCUT2D eigenvalue weighted by Crippen LogP contribution is -2.05. The summed E-state index contributed by atoms with van der Waals surface area (Å²) in [7, 11) is 0. The Bertz CT molecular complexity index is 1290. The van der Waals surface area contributed by atoms with Gasteiger partial charge in [-0.05, 0) is 26.0 Å². The van der Waals surface area contributed by atoms with Crippen LogP contribution < -0.4 is 11.1 Å². The lowest BCUT2D eigenvalue weighted by atomic mass is 10.2. The van der Waals surface area contributed by atoms with Gasteiger partial charge in [-0.3, -0.25) is 9.50 Å². The molecule has 0 fully saturated rings. The largest absolute Gasteiger partial charge is 0.368 e. The first-order chi connectivity index (χ1) is 14.1. The van der Waals surface area contributed by atoms with Crippen LogP contribution in [0.3, 0.4) is 0 Å². The number of fused-ring (bicyclic) bond motifs is 1. The minimum Gasteiger partial charge on any atom is -0.368 e. The first-order valence-electron chi connectivity index (χ1n) is 8.86. The molecule has 0 unspecified atom stereocenters. The molecule has 0 radical (unpaired) electrons. The molecule has 5 aromatic heterocycles. The van der Waals surface area contributed by atoms with Gasteiger partial charge in [-0.25, -0.2) is 15.0 Å². The first kappa shape index (κ1) is 16.9. The van der Waals surface area contributed by atoms with Crippen LogP contribution in [0.2, 0.25) is 0 Å². The Kier molecular flexibility index (Phi) is 3.72. The summed E-state index contributed by atoms with van der Waals surface area (Å²) in [6.45, 7) is 3.68. The van der Waals surface area contributed by atoms with Gasteiger partial charge in [0, 0.05) is 17.8 Å². The topological polar surface area (TPSA) is 151 Å². The lowest BCUT2D eigenvalue weighted by molar-refractivity contribution is 0.983. The van der Waals surface area contributed by atoms with Gasteiger partial charge in [0.05, 0.1) is 18.1 Å². The van der Waals surface area contributed by atoms with E-state index in [2.05, 4.69) is 40.4 Å². The summed E-state index contributed by atoms with van der Waals surface area (Å²) in [5.74, 6) is 3.19. The third-order valence-electron chi connectivity index (χ3n) is 4.36. The smallest absolute Gasteiger partial charge is 0.223 e. The standard InChI is InChI=1S/C18H17N11/c1-9-20-7-12(22-9)11-3-4-14-26-17(25-13-5-6-21-28-13)15(29(14)8-11)16-23-10(2)24-18(19)27-16/h3-8H,1-2H3,(H,20,22)(H2,21,25,28)(H2,19,23,24,27). The Balaban J connectivity index is 1.74. The summed E-state index contributed by atoms with van der Waals surface area (Å²) in [5, 5.41) is 10.1. The Morgan fingerprint density at radius 3 is 2.69 bits per heavy atom. The van der Waals surface area contributed by atoms with Crippen LogP contribution in [0, 0.1) is 13.8 Å². The van der Waals surface area contributed by atoms with Crippen molar-refractivity contribution in [1.29, 1.82) is 0 Å². The van der Waals surface area contributed by atoms with Crippen LogP contribution in [-0.2, 0) is 0 Å². The maximum atomic E-state index is 5.88. The van der Waals surface area contributed by atoms with E-state index < -0.39 is 0 Å². The van der Waals surface area contributed by atoms with E-state index in [0.29, 0.717) is 29.0 Å². The Morgan fingerprint density at radius 2 is 1.97 bits per heavy atom. The second-order valence-corrected chi connectivity index (χ2v) is 6.50. The highest BCUT2D eigenvalue weighted by atomic mass is 15.2. The quantitative estimate of drug-likeness (QED) is 0.366. The zero-order chi connectivity index (χ0) is 20.0. The monoisotopic (exact) mass is 387 g/mol. The SMILES string of the molecule is Cc1nc(N)nc(-c2c(Nc3ccn[nH]3)nc3ccc(-c4cnc(C)[nH]4)cn23)n1. The maximum absolute atomic E-state index is 5.88. The van der Waals surface area contributed by atoms with Gasteiger partial charge in [0.15, 0.2) is 11.6 Å². The van der Waals surface area contributed by atoms with Gasteiger partial charge in [0.25, 0.3) is 0 Å². The van der Waals surface area contributed by atoms with Gasteiger partial charge in [-0.2, -0.15) is 15.1 Å². The van der Waals surface area contributed by atoms with Crippen molar-refractivity contribution in [2.45, 2.75) is 13.8 Å². The number of nitrogens with zero attached hydrogens (tertiary/aromatic N) is 7. The van der Waals surface area contributed by atoms with E-state index in [1.807, 2.05) is 29.7 Å². The molecule has 144 valence electrons. The molecule has 5 N–H and O–H groups in total. The average Bonchev–Trinajstić information content (AvgIpc) is 3.40. The van der Waals surface area contributed by atoms with Crippen molar-refractivity contribution in [2.75, 3.05) is 11.1 Å². The molecule has 0 saturated heterocycles. The zero-order valence-electron chi connectivity index (χ0n) is 15.7. The van der Waals surface area contributed by atoms with E-state index in [1.54, 1.807) is 25.4 Å². The third kappa shape index (κ3) is 3.04. The summed E-state index contributed by atoms with van der Waals surface area (Å²) < 4.78 is 1.92. The average molecular weight is 387 g/mol. The number of anilines is 3. The fraction of sp³-hybridized carbons (Fsp3) is 0.111. The Labute approximate surface area is 164 Å². The summed E-state index contributed by atoms with van der Waals surface area (Å²) in [6.07, 6.45) is 5.40. The Morgan fingerprint density at radius 1 is 1.07 bits per heavy atom. The van der Waals surface area contributed by atoms with Gasteiger partial charge in [-0.15, -0.1) is 0 Å². The third-order valence-corrected chi connectivity index (χ3v) is 4.36.